The smallest absolute Gasteiger partial charge is 0.138 e. The molecule has 0 saturated carbocycles. The van der Waals surface area contributed by atoms with Gasteiger partial charge in [-0.3, -0.25) is 0 Å². The molecule has 1 N–H and O–H groups in total. The molecule has 0 aliphatic carbocycles. The van der Waals surface area contributed by atoms with Crippen molar-refractivity contribution in [3.8, 4) is 0 Å². The number of anilines is 2. The van der Waals surface area contributed by atoms with Crippen LogP contribution in [0.5, 0.6) is 0 Å². The van der Waals surface area contributed by atoms with Gasteiger partial charge in [0.2, 0.25) is 0 Å². The zero-order valence-corrected chi connectivity index (χ0v) is 13.5. The highest BCUT2D eigenvalue weighted by Gasteiger charge is 2.24. The topological polar surface area (TPSA) is 41.0 Å². The lowest BCUT2D eigenvalue weighted by molar-refractivity contribution is 0.545. The highest BCUT2D eigenvalue weighted by atomic mass is 15.2. The van der Waals surface area contributed by atoms with E-state index in [0.717, 1.165) is 49.4 Å². The summed E-state index contributed by atoms with van der Waals surface area (Å²) in [4.78, 5) is 11.9. The van der Waals surface area contributed by atoms with E-state index in [9.17, 15) is 0 Å². The van der Waals surface area contributed by atoms with Gasteiger partial charge in [-0.1, -0.05) is 34.6 Å². The molecule has 1 aromatic heterocycles. The van der Waals surface area contributed by atoms with Gasteiger partial charge in [0, 0.05) is 31.1 Å². The third kappa shape index (κ3) is 3.62. The van der Waals surface area contributed by atoms with Crippen molar-refractivity contribution in [2.75, 3.05) is 29.9 Å². The third-order valence-corrected chi connectivity index (χ3v) is 3.69. The van der Waals surface area contributed by atoms with Crippen molar-refractivity contribution >= 4 is 11.6 Å². The Balaban J connectivity index is 2.30. The number of nitrogens with zero attached hydrogens (tertiary/aromatic N) is 3. The Hall–Kier alpha value is -1.32. The number of hydrogen-bond donors (Lipinski definition) is 1. The van der Waals surface area contributed by atoms with Gasteiger partial charge in [0.05, 0.1) is 0 Å². The van der Waals surface area contributed by atoms with Crippen molar-refractivity contribution < 1.29 is 0 Å². The van der Waals surface area contributed by atoms with Crippen molar-refractivity contribution in [1.29, 1.82) is 0 Å². The first-order chi connectivity index (χ1) is 9.40. The van der Waals surface area contributed by atoms with Crippen molar-refractivity contribution in [1.82, 2.24) is 9.97 Å². The van der Waals surface area contributed by atoms with Crippen LogP contribution in [-0.4, -0.2) is 29.6 Å². The van der Waals surface area contributed by atoms with Crippen LogP contribution in [0.4, 0.5) is 11.6 Å². The van der Waals surface area contributed by atoms with E-state index in [1.165, 1.54) is 6.42 Å². The van der Waals surface area contributed by atoms with Crippen LogP contribution < -0.4 is 10.2 Å². The molecule has 0 spiro atoms. The van der Waals surface area contributed by atoms with Crippen LogP contribution in [-0.2, 0) is 5.41 Å². The summed E-state index contributed by atoms with van der Waals surface area (Å²) in [6.07, 6.45) is 2.36. The van der Waals surface area contributed by atoms with Crippen LogP contribution in [0.15, 0.2) is 6.07 Å². The molecule has 1 aliphatic heterocycles. The van der Waals surface area contributed by atoms with Crippen LogP contribution in [0.25, 0.3) is 0 Å². The fourth-order valence-corrected chi connectivity index (χ4v) is 2.42. The normalized spacial score (nSPS) is 19.4. The summed E-state index contributed by atoms with van der Waals surface area (Å²) >= 11 is 0. The standard InChI is InChI=1S/C16H28N4/c1-6-8-17-13-10-14(20-9-7-12(2)11-20)19-15(18-13)16(3,4)5/h10,12H,6-9,11H2,1-5H3,(H,17,18,19). The summed E-state index contributed by atoms with van der Waals surface area (Å²) in [5, 5.41) is 3.40. The Bertz CT molecular complexity index is 450. The molecule has 1 fully saturated rings. The molecule has 4 heteroatoms. The molecule has 2 heterocycles. The number of hydrogen-bond acceptors (Lipinski definition) is 4. The summed E-state index contributed by atoms with van der Waals surface area (Å²) in [5.74, 6) is 3.72. The van der Waals surface area contributed by atoms with Crippen LogP contribution in [0.1, 0.15) is 53.3 Å². The van der Waals surface area contributed by atoms with E-state index in [1.54, 1.807) is 0 Å². The van der Waals surface area contributed by atoms with Crippen LogP contribution in [0.3, 0.4) is 0 Å². The van der Waals surface area contributed by atoms with Crippen LogP contribution in [0.2, 0.25) is 0 Å². The lowest BCUT2D eigenvalue weighted by Gasteiger charge is -2.23. The maximum Gasteiger partial charge on any atom is 0.138 e. The van der Waals surface area contributed by atoms with E-state index in [1.807, 2.05) is 0 Å². The Kier molecular flexibility index (Phi) is 4.51. The molecule has 1 atom stereocenters. The molecule has 1 aliphatic rings. The molecular formula is C16H28N4. The molecule has 0 radical (unpaired) electrons. The zero-order chi connectivity index (χ0) is 14.8. The molecule has 0 amide bonds. The SMILES string of the molecule is CCCNc1cc(N2CCC(C)C2)nc(C(C)(C)C)n1. The minimum atomic E-state index is -0.0238. The van der Waals surface area contributed by atoms with E-state index in [-0.39, 0.29) is 5.41 Å². The molecule has 1 aromatic rings. The Morgan fingerprint density at radius 3 is 2.65 bits per heavy atom. The Labute approximate surface area is 123 Å². The molecule has 112 valence electrons. The predicted octanol–water partition coefficient (Wildman–Crippen LogP) is 3.44. The Morgan fingerprint density at radius 1 is 1.35 bits per heavy atom. The van der Waals surface area contributed by atoms with Crippen molar-refractivity contribution in [3.63, 3.8) is 0 Å². The fraction of sp³-hybridized carbons (Fsp3) is 0.750. The largest absolute Gasteiger partial charge is 0.370 e. The van der Waals surface area contributed by atoms with Gasteiger partial charge in [-0.2, -0.15) is 0 Å². The second-order valence-electron chi connectivity index (χ2n) is 6.95. The average molecular weight is 276 g/mol. The van der Waals surface area contributed by atoms with Gasteiger partial charge in [-0.15, -0.1) is 0 Å². The maximum absolute atomic E-state index is 4.80. The minimum Gasteiger partial charge on any atom is -0.370 e. The van der Waals surface area contributed by atoms with E-state index in [0.29, 0.717) is 0 Å². The van der Waals surface area contributed by atoms with Gasteiger partial charge >= 0.3 is 0 Å². The van der Waals surface area contributed by atoms with Crippen LogP contribution in [0, 0.1) is 5.92 Å². The minimum absolute atomic E-state index is 0.0238. The first kappa shape index (κ1) is 15.1. The zero-order valence-electron chi connectivity index (χ0n) is 13.5. The summed E-state index contributed by atoms with van der Waals surface area (Å²) in [7, 11) is 0. The van der Waals surface area contributed by atoms with Crippen molar-refractivity contribution in [2.45, 2.75) is 52.9 Å². The van der Waals surface area contributed by atoms with E-state index in [4.69, 9.17) is 4.98 Å². The lowest BCUT2D eigenvalue weighted by Crippen LogP contribution is -2.24. The third-order valence-electron chi connectivity index (χ3n) is 3.69. The molecule has 1 saturated heterocycles. The summed E-state index contributed by atoms with van der Waals surface area (Å²) in [6, 6.07) is 2.10. The van der Waals surface area contributed by atoms with Gasteiger partial charge in [-0.25, -0.2) is 9.97 Å². The van der Waals surface area contributed by atoms with Crippen LogP contribution >= 0.6 is 0 Å². The highest BCUT2D eigenvalue weighted by Crippen LogP contribution is 2.27. The molecule has 2 rings (SSSR count). The average Bonchev–Trinajstić information content (AvgIpc) is 2.82. The molecule has 4 nitrogen and oxygen atoms in total. The van der Waals surface area contributed by atoms with E-state index in [2.05, 4.69) is 55.9 Å². The van der Waals surface area contributed by atoms with Crippen molar-refractivity contribution in [3.05, 3.63) is 11.9 Å². The Morgan fingerprint density at radius 2 is 2.10 bits per heavy atom. The molecule has 1 unspecified atom stereocenters. The second-order valence-corrected chi connectivity index (χ2v) is 6.95. The number of nitrogens with one attached hydrogen (secondary N) is 1. The monoisotopic (exact) mass is 276 g/mol. The van der Waals surface area contributed by atoms with Gasteiger partial charge in [0.1, 0.15) is 17.5 Å². The highest BCUT2D eigenvalue weighted by molar-refractivity contribution is 5.50. The predicted molar refractivity (Wildman–Crippen MR) is 85.5 cm³/mol. The van der Waals surface area contributed by atoms with E-state index < -0.39 is 0 Å². The van der Waals surface area contributed by atoms with Gasteiger partial charge in [0.25, 0.3) is 0 Å². The van der Waals surface area contributed by atoms with Gasteiger partial charge < -0.3 is 10.2 Å². The van der Waals surface area contributed by atoms with Gasteiger partial charge in [0.15, 0.2) is 0 Å². The van der Waals surface area contributed by atoms with Crippen molar-refractivity contribution in [2.24, 2.45) is 5.92 Å². The first-order valence-corrected chi connectivity index (χ1v) is 7.78. The molecule has 0 aromatic carbocycles. The lowest BCUT2D eigenvalue weighted by atomic mass is 9.96. The fourth-order valence-electron chi connectivity index (χ4n) is 2.42. The summed E-state index contributed by atoms with van der Waals surface area (Å²) in [5.41, 5.74) is -0.0238. The van der Waals surface area contributed by atoms with Gasteiger partial charge in [-0.05, 0) is 18.8 Å². The summed E-state index contributed by atoms with van der Waals surface area (Å²) in [6.45, 7) is 14.1. The molecular weight excluding hydrogens is 248 g/mol. The second kappa shape index (κ2) is 5.98. The number of aromatic nitrogens is 2. The number of rotatable bonds is 4. The quantitative estimate of drug-likeness (QED) is 0.914. The maximum atomic E-state index is 4.80. The molecule has 0 bridgehead atoms. The first-order valence-electron chi connectivity index (χ1n) is 7.78. The summed E-state index contributed by atoms with van der Waals surface area (Å²) < 4.78 is 0. The molecule has 20 heavy (non-hydrogen) atoms. The van der Waals surface area contributed by atoms with E-state index >= 15 is 0 Å².